The Hall–Kier alpha value is -1.37. The summed E-state index contributed by atoms with van der Waals surface area (Å²) in [6, 6.07) is 6.33. The zero-order valence-electron chi connectivity index (χ0n) is 12.6. The molecule has 114 valence electrons. The molecule has 1 heterocycles. The molecule has 0 radical (unpaired) electrons. The quantitative estimate of drug-likeness (QED) is 0.907. The van der Waals surface area contributed by atoms with E-state index >= 15 is 0 Å². The highest BCUT2D eigenvalue weighted by Gasteiger charge is 2.26. The zero-order chi connectivity index (χ0) is 15.2. The van der Waals surface area contributed by atoms with Gasteiger partial charge in [0.1, 0.15) is 0 Å². The first-order chi connectivity index (χ1) is 9.87. The van der Waals surface area contributed by atoms with E-state index in [0.29, 0.717) is 0 Å². The molecule has 0 fully saturated rings. The summed E-state index contributed by atoms with van der Waals surface area (Å²) >= 11 is 0. The molecule has 5 nitrogen and oxygen atoms in total. The summed E-state index contributed by atoms with van der Waals surface area (Å²) in [5.74, 6) is 0. The Labute approximate surface area is 125 Å². The third-order valence-corrected chi connectivity index (χ3v) is 5.73. The van der Waals surface area contributed by atoms with Gasteiger partial charge in [0.25, 0.3) is 10.2 Å². The van der Waals surface area contributed by atoms with E-state index in [1.54, 1.807) is 14.1 Å². The summed E-state index contributed by atoms with van der Waals surface area (Å²) in [7, 11) is -0.277. The lowest BCUT2D eigenvalue weighted by atomic mass is 9.92. The highest BCUT2D eigenvalue weighted by molar-refractivity contribution is 7.87. The number of aromatic nitrogens is 1. The first kappa shape index (κ1) is 14.6. The van der Waals surface area contributed by atoms with Crippen LogP contribution in [0.1, 0.15) is 23.2 Å². The Kier molecular flexibility index (Phi) is 3.55. The van der Waals surface area contributed by atoms with Crippen molar-refractivity contribution >= 4 is 21.1 Å². The van der Waals surface area contributed by atoms with Gasteiger partial charge in [-0.25, -0.2) is 0 Å². The molecule has 1 aliphatic carbocycles. The van der Waals surface area contributed by atoms with Crippen molar-refractivity contribution in [2.75, 3.05) is 14.1 Å². The largest absolute Gasteiger partial charge is 0.358 e. The van der Waals surface area contributed by atoms with Crippen molar-refractivity contribution in [1.29, 1.82) is 0 Å². The molecule has 2 aromatic rings. The summed E-state index contributed by atoms with van der Waals surface area (Å²) in [6.07, 6.45) is 2.45. The van der Waals surface area contributed by atoms with Crippen molar-refractivity contribution in [3.05, 3.63) is 35.0 Å². The number of nitrogens with zero attached hydrogens (tertiary/aromatic N) is 1. The van der Waals surface area contributed by atoms with Gasteiger partial charge in [0, 0.05) is 36.7 Å². The third-order valence-electron chi connectivity index (χ3n) is 4.14. The molecule has 3 rings (SSSR count). The van der Waals surface area contributed by atoms with Gasteiger partial charge < -0.3 is 4.98 Å². The predicted octanol–water partition coefficient (Wildman–Crippen LogP) is 1.73. The van der Waals surface area contributed by atoms with Gasteiger partial charge >= 0.3 is 0 Å². The van der Waals surface area contributed by atoms with E-state index in [2.05, 4.69) is 34.8 Å². The van der Waals surface area contributed by atoms with Gasteiger partial charge in [0.15, 0.2) is 0 Å². The van der Waals surface area contributed by atoms with Crippen LogP contribution in [0.15, 0.2) is 18.2 Å². The van der Waals surface area contributed by atoms with E-state index in [4.69, 9.17) is 0 Å². The second-order valence-electron chi connectivity index (χ2n) is 5.98. The number of nitrogens with one attached hydrogen (secondary N) is 2. The average Bonchev–Trinajstić information content (AvgIpc) is 2.76. The van der Waals surface area contributed by atoms with Crippen molar-refractivity contribution in [2.45, 2.75) is 32.2 Å². The summed E-state index contributed by atoms with van der Waals surface area (Å²) in [4.78, 5) is 3.46. The lowest BCUT2D eigenvalue weighted by Crippen LogP contribution is -2.44. The van der Waals surface area contributed by atoms with E-state index in [0.717, 1.165) is 24.8 Å². The van der Waals surface area contributed by atoms with Crippen LogP contribution in [0.5, 0.6) is 0 Å². The van der Waals surface area contributed by atoms with E-state index in [1.807, 2.05) is 0 Å². The van der Waals surface area contributed by atoms with Gasteiger partial charge in [0.05, 0.1) is 0 Å². The Morgan fingerprint density at radius 3 is 2.81 bits per heavy atom. The number of aromatic amines is 1. The van der Waals surface area contributed by atoms with E-state index in [1.165, 1.54) is 26.5 Å². The molecular weight excluding hydrogens is 286 g/mol. The first-order valence-corrected chi connectivity index (χ1v) is 8.60. The Balaban J connectivity index is 1.91. The second kappa shape index (κ2) is 5.12. The number of hydrogen-bond donors (Lipinski definition) is 2. The first-order valence-electron chi connectivity index (χ1n) is 7.16. The minimum absolute atomic E-state index is 0.0376. The summed E-state index contributed by atoms with van der Waals surface area (Å²) in [5.41, 5.74) is 4.87. The normalized spacial score (nSPS) is 19.1. The number of benzene rings is 1. The lowest BCUT2D eigenvalue weighted by molar-refractivity contribution is 0.465. The molecule has 0 bridgehead atoms. The maximum absolute atomic E-state index is 12.0. The van der Waals surface area contributed by atoms with Crippen LogP contribution in [0.3, 0.4) is 0 Å². The van der Waals surface area contributed by atoms with Crippen LogP contribution < -0.4 is 4.72 Å². The fourth-order valence-electron chi connectivity index (χ4n) is 2.95. The summed E-state index contributed by atoms with van der Waals surface area (Å²) in [6.45, 7) is 2.08. The van der Waals surface area contributed by atoms with Crippen LogP contribution in [0.4, 0.5) is 0 Å². The lowest BCUT2D eigenvalue weighted by Gasteiger charge is -2.25. The molecule has 0 spiro atoms. The van der Waals surface area contributed by atoms with Gasteiger partial charge in [-0.1, -0.05) is 11.6 Å². The topological polar surface area (TPSA) is 65.2 Å². The van der Waals surface area contributed by atoms with Crippen molar-refractivity contribution < 1.29 is 8.42 Å². The molecule has 1 unspecified atom stereocenters. The molecule has 0 saturated carbocycles. The maximum Gasteiger partial charge on any atom is 0.279 e. The number of fused-ring (bicyclic) bond motifs is 3. The predicted molar refractivity (Wildman–Crippen MR) is 84.6 cm³/mol. The molecule has 0 saturated heterocycles. The standard InChI is InChI=1S/C15H21N3O2S/c1-10-4-6-14-12(8-10)13-9-11(5-7-15(13)16-14)17-21(19,20)18(2)3/h4,6,8,11,16-17H,5,7,9H2,1-3H3. The van der Waals surface area contributed by atoms with Crippen molar-refractivity contribution in [1.82, 2.24) is 14.0 Å². The molecule has 1 aromatic heterocycles. The Morgan fingerprint density at radius 2 is 2.10 bits per heavy atom. The van der Waals surface area contributed by atoms with Crippen molar-refractivity contribution in [3.63, 3.8) is 0 Å². The molecule has 2 N–H and O–H groups in total. The highest BCUT2D eigenvalue weighted by Crippen LogP contribution is 2.30. The second-order valence-corrected chi connectivity index (χ2v) is 7.89. The number of H-pyrrole nitrogens is 1. The van der Waals surface area contributed by atoms with Crippen LogP contribution in [0.2, 0.25) is 0 Å². The van der Waals surface area contributed by atoms with Crippen molar-refractivity contribution in [2.24, 2.45) is 0 Å². The molecular formula is C15H21N3O2S. The molecule has 0 amide bonds. The van der Waals surface area contributed by atoms with Crippen LogP contribution in [0, 0.1) is 6.92 Å². The minimum atomic E-state index is -3.37. The van der Waals surface area contributed by atoms with Crippen LogP contribution >= 0.6 is 0 Å². The smallest absolute Gasteiger partial charge is 0.279 e. The number of rotatable bonds is 3. The molecule has 0 aliphatic heterocycles. The van der Waals surface area contributed by atoms with Crippen LogP contribution in [-0.4, -0.2) is 37.8 Å². The Bertz CT molecular complexity index is 778. The summed E-state index contributed by atoms with van der Waals surface area (Å²) in [5, 5.41) is 1.22. The van der Waals surface area contributed by atoms with E-state index < -0.39 is 10.2 Å². The van der Waals surface area contributed by atoms with Gasteiger partial charge in [-0.15, -0.1) is 0 Å². The molecule has 1 aromatic carbocycles. The van der Waals surface area contributed by atoms with Crippen LogP contribution in [0.25, 0.3) is 10.9 Å². The van der Waals surface area contributed by atoms with E-state index in [-0.39, 0.29) is 6.04 Å². The maximum atomic E-state index is 12.0. The van der Waals surface area contributed by atoms with E-state index in [9.17, 15) is 8.42 Å². The van der Waals surface area contributed by atoms with Crippen LogP contribution in [-0.2, 0) is 23.1 Å². The fraction of sp³-hybridized carbons (Fsp3) is 0.467. The number of aryl methyl sites for hydroxylation is 2. The SMILES string of the molecule is Cc1ccc2[nH]c3c(c2c1)CC(NS(=O)(=O)N(C)C)CC3. The molecule has 1 atom stereocenters. The van der Waals surface area contributed by atoms with Crippen molar-refractivity contribution in [3.8, 4) is 0 Å². The van der Waals surface area contributed by atoms with Gasteiger partial charge in [-0.2, -0.15) is 17.4 Å². The Morgan fingerprint density at radius 1 is 1.33 bits per heavy atom. The fourth-order valence-corrected chi connectivity index (χ4v) is 3.78. The zero-order valence-corrected chi connectivity index (χ0v) is 13.4. The highest BCUT2D eigenvalue weighted by atomic mass is 32.2. The monoisotopic (exact) mass is 307 g/mol. The number of hydrogen-bond acceptors (Lipinski definition) is 2. The third kappa shape index (κ3) is 2.71. The molecule has 1 aliphatic rings. The van der Waals surface area contributed by atoms with Gasteiger partial charge in [0.2, 0.25) is 0 Å². The van der Waals surface area contributed by atoms with Gasteiger partial charge in [-0.05, 0) is 43.9 Å². The minimum Gasteiger partial charge on any atom is -0.358 e. The average molecular weight is 307 g/mol. The van der Waals surface area contributed by atoms with Gasteiger partial charge in [-0.3, -0.25) is 0 Å². The summed E-state index contributed by atoms with van der Waals surface area (Å²) < 4.78 is 28.0. The molecule has 6 heteroatoms. The molecule has 21 heavy (non-hydrogen) atoms.